The van der Waals surface area contributed by atoms with E-state index in [-0.39, 0.29) is 11.9 Å². The third-order valence-electron chi connectivity index (χ3n) is 4.49. The molecule has 2 aromatic rings. The molecule has 1 saturated heterocycles. The van der Waals surface area contributed by atoms with Crippen molar-refractivity contribution >= 4 is 17.5 Å². The zero-order valence-corrected chi connectivity index (χ0v) is 14.0. The van der Waals surface area contributed by atoms with E-state index < -0.39 is 0 Å². The largest absolute Gasteiger partial charge is 0.358 e. The molecule has 1 amide bonds. The molecule has 0 bridgehead atoms. The van der Waals surface area contributed by atoms with E-state index in [1.165, 1.54) is 12.7 Å². The Morgan fingerprint density at radius 2 is 2.30 bits per heavy atom. The van der Waals surface area contributed by atoms with Crippen LogP contribution in [0.1, 0.15) is 45.7 Å². The fourth-order valence-electron chi connectivity index (χ4n) is 3.10. The number of aryl methyl sites for hydroxylation is 1. The van der Waals surface area contributed by atoms with Crippen molar-refractivity contribution in [3.8, 4) is 0 Å². The Morgan fingerprint density at radius 3 is 3.04 bits per heavy atom. The number of fused-ring (bicyclic) bond motifs is 1. The maximum atomic E-state index is 12.7. The van der Waals surface area contributed by atoms with Crippen molar-refractivity contribution in [2.45, 2.75) is 58.5 Å². The first kappa shape index (κ1) is 15.7. The van der Waals surface area contributed by atoms with Gasteiger partial charge in [-0.15, -0.1) is 0 Å². The van der Waals surface area contributed by atoms with Crippen LogP contribution in [0.15, 0.2) is 12.4 Å². The lowest BCUT2D eigenvalue weighted by molar-refractivity contribution is -0.134. The number of rotatable bonds is 4. The van der Waals surface area contributed by atoms with Crippen LogP contribution >= 0.6 is 0 Å². The van der Waals surface area contributed by atoms with Gasteiger partial charge in [-0.05, 0) is 39.5 Å². The predicted molar refractivity (Wildman–Crippen MR) is 88.3 cm³/mol. The highest BCUT2D eigenvalue weighted by atomic mass is 16.2. The minimum Gasteiger partial charge on any atom is -0.358 e. The Kier molecular flexibility index (Phi) is 4.45. The van der Waals surface area contributed by atoms with Crippen LogP contribution < -0.4 is 5.32 Å². The van der Waals surface area contributed by atoms with Crippen LogP contribution in [-0.4, -0.2) is 49.0 Å². The lowest BCUT2D eigenvalue weighted by Gasteiger charge is -2.35. The molecule has 2 unspecified atom stereocenters. The summed E-state index contributed by atoms with van der Waals surface area (Å²) in [4.78, 5) is 23.3. The monoisotopic (exact) mass is 316 g/mol. The maximum Gasteiger partial charge on any atom is 0.254 e. The fraction of sp³-hybridized carbons (Fsp3) is 0.625. The quantitative estimate of drug-likeness (QED) is 0.932. The summed E-state index contributed by atoms with van der Waals surface area (Å²) in [5.41, 5.74) is 0.930. The van der Waals surface area contributed by atoms with Crippen LogP contribution in [0.5, 0.6) is 0 Å². The number of nitrogens with zero attached hydrogens (tertiary/aromatic N) is 5. The Hall–Kier alpha value is -2.18. The molecular weight excluding hydrogens is 292 g/mol. The van der Waals surface area contributed by atoms with Gasteiger partial charge in [-0.25, -0.2) is 4.98 Å². The van der Waals surface area contributed by atoms with E-state index in [1.807, 2.05) is 24.8 Å². The zero-order chi connectivity index (χ0) is 16.4. The number of likely N-dealkylation sites (tertiary alicyclic amines) is 1. The number of carbonyl (C=O) groups excluding carboxylic acids is 1. The number of aromatic nitrogens is 4. The van der Waals surface area contributed by atoms with Gasteiger partial charge in [0.05, 0.1) is 0 Å². The van der Waals surface area contributed by atoms with Gasteiger partial charge in [0, 0.05) is 24.3 Å². The van der Waals surface area contributed by atoms with Crippen LogP contribution in [0.4, 0.5) is 5.82 Å². The minimum absolute atomic E-state index is 0.139. The average Bonchev–Trinajstić information content (AvgIpc) is 3.03. The van der Waals surface area contributed by atoms with Crippen molar-refractivity contribution in [1.82, 2.24) is 24.5 Å². The summed E-state index contributed by atoms with van der Waals surface area (Å²) in [6.07, 6.45) is 5.67. The first-order chi connectivity index (χ1) is 11.1. The molecule has 0 aromatic carbocycles. The van der Waals surface area contributed by atoms with E-state index in [9.17, 15) is 4.79 Å². The third-order valence-corrected chi connectivity index (χ3v) is 4.49. The average molecular weight is 316 g/mol. The number of anilines is 1. The second-order valence-electron chi connectivity index (χ2n) is 6.20. The highest BCUT2D eigenvalue weighted by Crippen LogP contribution is 2.19. The number of carbonyl (C=O) groups is 1. The number of piperidine rings is 1. The molecule has 23 heavy (non-hydrogen) atoms. The number of hydrogen-bond acceptors (Lipinski definition) is 5. The van der Waals surface area contributed by atoms with Crippen LogP contribution in [0.3, 0.4) is 0 Å². The van der Waals surface area contributed by atoms with Crippen molar-refractivity contribution in [3.05, 3.63) is 18.1 Å². The van der Waals surface area contributed by atoms with E-state index in [0.29, 0.717) is 11.8 Å². The molecule has 124 valence electrons. The smallest absolute Gasteiger partial charge is 0.254 e. The highest BCUT2D eigenvalue weighted by Gasteiger charge is 2.27. The van der Waals surface area contributed by atoms with Crippen LogP contribution in [0.25, 0.3) is 5.78 Å². The summed E-state index contributed by atoms with van der Waals surface area (Å²) in [5, 5.41) is 7.48. The molecular formula is C16H24N6O. The Morgan fingerprint density at radius 1 is 1.48 bits per heavy atom. The van der Waals surface area contributed by atoms with Gasteiger partial charge in [-0.1, -0.05) is 6.92 Å². The molecule has 0 spiro atoms. The second kappa shape index (κ2) is 6.52. The van der Waals surface area contributed by atoms with E-state index in [2.05, 4.69) is 27.3 Å². The van der Waals surface area contributed by atoms with Crippen molar-refractivity contribution in [2.24, 2.45) is 0 Å². The Balaban J connectivity index is 1.80. The standard InChI is InChI=1S/C16H24N6O/c1-4-13-9-14(22-16(20-13)17-10-18-22)19-12(3)15(23)21-8-6-5-7-11(21)2/h9-12,19H,4-8H2,1-3H3. The van der Waals surface area contributed by atoms with Crippen LogP contribution in [0.2, 0.25) is 0 Å². The second-order valence-corrected chi connectivity index (χ2v) is 6.20. The highest BCUT2D eigenvalue weighted by molar-refractivity contribution is 5.84. The first-order valence-corrected chi connectivity index (χ1v) is 8.36. The molecule has 0 saturated carbocycles. The Labute approximate surface area is 136 Å². The van der Waals surface area contributed by atoms with E-state index >= 15 is 0 Å². The normalized spacial score (nSPS) is 19.8. The van der Waals surface area contributed by atoms with Gasteiger partial charge >= 0.3 is 0 Å². The molecule has 2 aromatic heterocycles. The van der Waals surface area contributed by atoms with Gasteiger partial charge in [-0.2, -0.15) is 14.6 Å². The van der Waals surface area contributed by atoms with Crippen molar-refractivity contribution < 1.29 is 4.79 Å². The third kappa shape index (κ3) is 3.13. The molecule has 3 heterocycles. The van der Waals surface area contributed by atoms with Crippen LogP contribution in [0, 0.1) is 0 Å². The summed E-state index contributed by atoms with van der Waals surface area (Å²) in [5.74, 6) is 1.45. The molecule has 7 nitrogen and oxygen atoms in total. The van der Waals surface area contributed by atoms with Gasteiger partial charge in [0.15, 0.2) is 0 Å². The van der Waals surface area contributed by atoms with Gasteiger partial charge in [0.2, 0.25) is 5.91 Å². The number of nitrogens with one attached hydrogen (secondary N) is 1. The van der Waals surface area contributed by atoms with Crippen molar-refractivity contribution in [1.29, 1.82) is 0 Å². The van der Waals surface area contributed by atoms with Gasteiger partial charge in [0.1, 0.15) is 18.2 Å². The lowest BCUT2D eigenvalue weighted by Crippen LogP contribution is -2.48. The maximum absolute atomic E-state index is 12.7. The molecule has 0 radical (unpaired) electrons. The van der Waals surface area contributed by atoms with Crippen molar-refractivity contribution in [2.75, 3.05) is 11.9 Å². The van der Waals surface area contributed by atoms with Gasteiger partial charge in [0.25, 0.3) is 5.78 Å². The van der Waals surface area contributed by atoms with E-state index in [4.69, 9.17) is 0 Å². The molecule has 1 aliphatic heterocycles. The summed E-state index contributed by atoms with van der Waals surface area (Å²) in [6.45, 7) is 6.92. The molecule has 0 aliphatic carbocycles. The number of hydrogen-bond donors (Lipinski definition) is 1. The first-order valence-electron chi connectivity index (χ1n) is 8.36. The Bertz CT molecular complexity index is 697. The molecule has 1 N–H and O–H groups in total. The van der Waals surface area contributed by atoms with E-state index in [0.717, 1.165) is 37.3 Å². The summed E-state index contributed by atoms with van der Waals surface area (Å²) < 4.78 is 1.64. The zero-order valence-electron chi connectivity index (χ0n) is 14.0. The predicted octanol–water partition coefficient (Wildman–Crippen LogP) is 1.89. The van der Waals surface area contributed by atoms with Gasteiger partial charge < -0.3 is 10.2 Å². The molecule has 1 fully saturated rings. The number of amides is 1. The van der Waals surface area contributed by atoms with E-state index in [1.54, 1.807) is 4.52 Å². The molecule has 7 heteroatoms. The fourth-order valence-corrected chi connectivity index (χ4v) is 3.10. The van der Waals surface area contributed by atoms with Gasteiger partial charge in [-0.3, -0.25) is 4.79 Å². The lowest BCUT2D eigenvalue weighted by atomic mass is 10.0. The molecule has 1 aliphatic rings. The topological polar surface area (TPSA) is 75.4 Å². The summed E-state index contributed by atoms with van der Waals surface area (Å²) in [7, 11) is 0. The van der Waals surface area contributed by atoms with Crippen molar-refractivity contribution in [3.63, 3.8) is 0 Å². The molecule has 2 atom stereocenters. The molecule has 3 rings (SSSR count). The minimum atomic E-state index is -0.310. The SMILES string of the molecule is CCc1cc(NC(C)C(=O)N2CCCCC2C)n2ncnc2n1. The van der Waals surface area contributed by atoms with Crippen LogP contribution in [-0.2, 0) is 11.2 Å². The summed E-state index contributed by atoms with van der Waals surface area (Å²) >= 11 is 0. The summed E-state index contributed by atoms with van der Waals surface area (Å²) in [6, 6.07) is 1.94.